The summed E-state index contributed by atoms with van der Waals surface area (Å²) in [5.74, 6) is 0.982. The van der Waals surface area contributed by atoms with Gasteiger partial charge in [0.15, 0.2) is 0 Å². The quantitative estimate of drug-likeness (QED) is 0.270. The van der Waals surface area contributed by atoms with E-state index < -0.39 is 6.09 Å². The molecule has 0 unspecified atom stereocenters. The number of ether oxygens (including phenoxy) is 2. The zero-order chi connectivity index (χ0) is 25.8. The fourth-order valence-electron chi connectivity index (χ4n) is 4.11. The van der Waals surface area contributed by atoms with Crippen molar-refractivity contribution in [2.75, 3.05) is 19.5 Å². The van der Waals surface area contributed by atoms with Crippen LogP contribution in [0.15, 0.2) is 83.7 Å². The number of anilines is 1. The molecule has 0 spiro atoms. The van der Waals surface area contributed by atoms with Crippen LogP contribution in [0.5, 0.6) is 5.75 Å². The van der Waals surface area contributed by atoms with Crippen molar-refractivity contribution < 1.29 is 23.5 Å². The summed E-state index contributed by atoms with van der Waals surface area (Å²) in [5.41, 5.74) is 4.75. The number of rotatable bonds is 7. The van der Waals surface area contributed by atoms with E-state index in [1.54, 1.807) is 37.6 Å². The van der Waals surface area contributed by atoms with Gasteiger partial charge in [0.05, 0.1) is 38.3 Å². The summed E-state index contributed by atoms with van der Waals surface area (Å²) in [6.45, 7) is 0.201. The highest BCUT2D eigenvalue weighted by Crippen LogP contribution is 2.36. The maximum absolute atomic E-state index is 13.1. The lowest BCUT2D eigenvalue weighted by Gasteiger charge is -2.13. The van der Waals surface area contributed by atoms with Crippen LogP contribution in [0.1, 0.15) is 16.1 Å². The minimum absolute atomic E-state index is 0.201. The number of nitrogens with one attached hydrogen (secondary N) is 3. The first-order valence-electron chi connectivity index (χ1n) is 11.5. The van der Waals surface area contributed by atoms with E-state index in [2.05, 4.69) is 20.6 Å². The van der Waals surface area contributed by atoms with Crippen LogP contribution in [-0.4, -0.2) is 36.2 Å². The van der Waals surface area contributed by atoms with Gasteiger partial charge in [-0.3, -0.25) is 10.1 Å². The second-order valence-corrected chi connectivity index (χ2v) is 8.16. The molecule has 0 fully saturated rings. The van der Waals surface area contributed by atoms with Crippen LogP contribution in [0, 0.1) is 0 Å². The smallest absolute Gasteiger partial charge is 0.411 e. The number of carbonyl (C=O) groups excluding carboxylic acids is 2. The number of H-pyrrole nitrogens is 1. The van der Waals surface area contributed by atoms with E-state index in [-0.39, 0.29) is 18.0 Å². The molecule has 0 aliphatic rings. The van der Waals surface area contributed by atoms with E-state index in [1.807, 2.05) is 42.6 Å². The van der Waals surface area contributed by atoms with Crippen LogP contribution < -0.4 is 15.4 Å². The number of pyridine rings is 1. The van der Waals surface area contributed by atoms with Crippen LogP contribution >= 0.6 is 0 Å². The Morgan fingerprint density at radius 3 is 2.65 bits per heavy atom. The summed E-state index contributed by atoms with van der Waals surface area (Å²) in [6.07, 6.45) is 4.49. The van der Waals surface area contributed by atoms with Gasteiger partial charge < -0.3 is 24.2 Å². The molecule has 9 heteroatoms. The Hall–Kier alpha value is -5.05. The molecule has 0 atom stereocenters. The number of benzene rings is 2. The van der Waals surface area contributed by atoms with Crippen molar-refractivity contribution in [3.05, 3.63) is 90.6 Å². The Labute approximate surface area is 212 Å². The molecule has 0 bridgehead atoms. The monoisotopic (exact) mass is 496 g/mol. The minimum atomic E-state index is -0.676. The molecule has 5 aromatic rings. The number of methoxy groups -OCH3 is 2. The standard InChI is InChI=1S/C28H24N4O5/c1-35-25-8-4-3-7-20(25)23-16-30-26-21(23)13-18(14-29-26)17-9-10-24(32-28(34)36-2)22(12-17)27(33)31-15-19-6-5-11-37-19/h3-14,16H,15H2,1-2H3,(H,29,30)(H,31,33)(H,32,34). The van der Waals surface area contributed by atoms with Crippen molar-refractivity contribution in [3.63, 3.8) is 0 Å². The number of aromatic amines is 1. The molecule has 0 aliphatic carbocycles. The number of nitrogens with zero attached hydrogens (tertiary/aromatic N) is 1. The van der Waals surface area contributed by atoms with Gasteiger partial charge in [-0.05, 0) is 42.0 Å². The van der Waals surface area contributed by atoms with Crippen LogP contribution in [0.3, 0.4) is 0 Å². The highest BCUT2D eigenvalue weighted by Gasteiger charge is 2.17. The Bertz CT molecular complexity index is 1570. The molecule has 9 nitrogen and oxygen atoms in total. The zero-order valence-corrected chi connectivity index (χ0v) is 20.2. The normalized spacial score (nSPS) is 10.8. The predicted octanol–water partition coefficient (Wildman–Crippen LogP) is 5.61. The predicted molar refractivity (Wildman–Crippen MR) is 139 cm³/mol. The van der Waals surface area contributed by atoms with Gasteiger partial charge in [-0.1, -0.05) is 24.3 Å². The molecule has 0 saturated heterocycles. The molecule has 3 N–H and O–H groups in total. The first-order valence-corrected chi connectivity index (χ1v) is 11.5. The van der Waals surface area contributed by atoms with Gasteiger partial charge >= 0.3 is 6.09 Å². The SMILES string of the molecule is COC(=O)Nc1ccc(-c2cnc3[nH]cc(-c4ccccc4OC)c3c2)cc1C(=O)NCc1ccco1. The van der Waals surface area contributed by atoms with Crippen molar-refractivity contribution >= 4 is 28.7 Å². The average Bonchev–Trinajstić information content (AvgIpc) is 3.61. The average molecular weight is 497 g/mol. The first kappa shape index (κ1) is 23.7. The Kier molecular flexibility index (Phi) is 6.58. The largest absolute Gasteiger partial charge is 0.496 e. The highest BCUT2D eigenvalue weighted by atomic mass is 16.5. The summed E-state index contributed by atoms with van der Waals surface area (Å²) in [6, 6.07) is 18.5. The van der Waals surface area contributed by atoms with Gasteiger partial charge in [0.1, 0.15) is 17.2 Å². The fourth-order valence-corrected chi connectivity index (χ4v) is 4.11. The highest BCUT2D eigenvalue weighted by molar-refractivity contribution is 6.04. The van der Waals surface area contributed by atoms with Gasteiger partial charge in [0, 0.05) is 34.5 Å². The lowest BCUT2D eigenvalue weighted by molar-refractivity contribution is 0.0949. The Morgan fingerprint density at radius 1 is 1.00 bits per heavy atom. The summed E-state index contributed by atoms with van der Waals surface area (Å²) >= 11 is 0. The Balaban J connectivity index is 1.54. The van der Waals surface area contributed by atoms with Gasteiger partial charge in [-0.25, -0.2) is 9.78 Å². The molecule has 37 heavy (non-hydrogen) atoms. The molecular weight excluding hydrogens is 472 g/mol. The van der Waals surface area contributed by atoms with E-state index in [0.717, 1.165) is 39.0 Å². The van der Waals surface area contributed by atoms with Gasteiger partial charge in [0.25, 0.3) is 5.91 Å². The van der Waals surface area contributed by atoms with Crippen LogP contribution in [0.25, 0.3) is 33.3 Å². The molecule has 0 aliphatic heterocycles. The first-order chi connectivity index (χ1) is 18.1. The van der Waals surface area contributed by atoms with Crippen LogP contribution in [0.2, 0.25) is 0 Å². The molecule has 0 saturated carbocycles. The van der Waals surface area contributed by atoms with Crippen LogP contribution in [0.4, 0.5) is 10.5 Å². The number of fused-ring (bicyclic) bond motifs is 1. The maximum Gasteiger partial charge on any atom is 0.411 e. The fraction of sp³-hybridized carbons (Fsp3) is 0.107. The van der Waals surface area contributed by atoms with Crippen molar-refractivity contribution in [1.29, 1.82) is 0 Å². The number of para-hydroxylation sites is 1. The third kappa shape index (κ3) is 4.87. The number of hydrogen-bond acceptors (Lipinski definition) is 6. The molecule has 2 aromatic carbocycles. The van der Waals surface area contributed by atoms with Gasteiger partial charge in [0.2, 0.25) is 0 Å². The van der Waals surface area contributed by atoms with E-state index in [0.29, 0.717) is 11.4 Å². The number of amides is 2. The molecular formula is C28H24N4O5. The van der Waals surface area contributed by atoms with E-state index >= 15 is 0 Å². The molecule has 3 heterocycles. The van der Waals surface area contributed by atoms with Crippen molar-refractivity contribution in [2.45, 2.75) is 6.54 Å². The molecule has 3 aromatic heterocycles. The van der Waals surface area contributed by atoms with E-state index in [4.69, 9.17) is 13.9 Å². The Morgan fingerprint density at radius 2 is 1.86 bits per heavy atom. The van der Waals surface area contributed by atoms with Crippen molar-refractivity contribution in [2.24, 2.45) is 0 Å². The number of aromatic nitrogens is 2. The topological polar surface area (TPSA) is 118 Å². The van der Waals surface area contributed by atoms with Crippen molar-refractivity contribution in [3.8, 4) is 28.0 Å². The van der Waals surface area contributed by atoms with Crippen LogP contribution in [-0.2, 0) is 11.3 Å². The lowest BCUT2D eigenvalue weighted by atomic mass is 9.99. The van der Waals surface area contributed by atoms with Crippen molar-refractivity contribution in [1.82, 2.24) is 15.3 Å². The van der Waals surface area contributed by atoms with E-state index in [9.17, 15) is 9.59 Å². The zero-order valence-electron chi connectivity index (χ0n) is 20.2. The number of furan rings is 1. The molecule has 5 rings (SSSR count). The summed E-state index contributed by atoms with van der Waals surface area (Å²) in [7, 11) is 2.90. The number of hydrogen-bond donors (Lipinski definition) is 3. The van der Waals surface area contributed by atoms with Gasteiger partial charge in [-0.15, -0.1) is 0 Å². The lowest BCUT2D eigenvalue weighted by Crippen LogP contribution is -2.24. The summed E-state index contributed by atoms with van der Waals surface area (Å²) in [5, 5.41) is 6.33. The summed E-state index contributed by atoms with van der Waals surface area (Å²) < 4.78 is 15.6. The molecule has 0 radical (unpaired) electrons. The van der Waals surface area contributed by atoms with E-state index in [1.165, 1.54) is 13.4 Å². The minimum Gasteiger partial charge on any atom is -0.496 e. The number of carbonyl (C=O) groups is 2. The second-order valence-electron chi connectivity index (χ2n) is 8.16. The van der Waals surface area contributed by atoms with Gasteiger partial charge in [-0.2, -0.15) is 0 Å². The summed E-state index contributed by atoms with van der Waals surface area (Å²) in [4.78, 5) is 32.8. The second kappa shape index (κ2) is 10.3. The maximum atomic E-state index is 13.1. The third-order valence-electron chi connectivity index (χ3n) is 5.95. The molecule has 186 valence electrons. The molecule has 2 amide bonds. The third-order valence-corrected chi connectivity index (χ3v) is 5.95.